The van der Waals surface area contributed by atoms with Gasteiger partial charge in [-0.25, -0.2) is 0 Å². The molecular formula is C11H15F3N2. The van der Waals surface area contributed by atoms with E-state index in [-0.39, 0.29) is 0 Å². The van der Waals surface area contributed by atoms with E-state index in [1.54, 1.807) is 0 Å². The number of benzene rings is 1. The average Bonchev–Trinajstić information content (AvgIpc) is 2.19. The van der Waals surface area contributed by atoms with Crippen LogP contribution in [0.2, 0.25) is 0 Å². The van der Waals surface area contributed by atoms with Crippen LogP contribution in [0.1, 0.15) is 24.0 Å². The van der Waals surface area contributed by atoms with Crippen molar-refractivity contribution in [3.05, 3.63) is 29.3 Å². The van der Waals surface area contributed by atoms with Crippen molar-refractivity contribution in [1.82, 2.24) is 0 Å². The fraction of sp³-hybridized carbons (Fsp3) is 0.455. The molecule has 0 atom stereocenters. The van der Waals surface area contributed by atoms with E-state index in [1.807, 2.05) is 0 Å². The third-order valence-corrected chi connectivity index (χ3v) is 2.37. The molecule has 16 heavy (non-hydrogen) atoms. The van der Waals surface area contributed by atoms with Crippen LogP contribution in [-0.2, 0) is 12.6 Å². The van der Waals surface area contributed by atoms with Crippen LogP contribution in [-0.4, -0.2) is 6.54 Å². The van der Waals surface area contributed by atoms with Crippen molar-refractivity contribution >= 4 is 5.69 Å². The number of anilines is 1. The molecule has 0 unspecified atom stereocenters. The molecule has 0 aliphatic heterocycles. The third kappa shape index (κ3) is 3.41. The molecule has 0 aliphatic rings. The number of alkyl halides is 3. The van der Waals surface area contributed by atoms with Crippen molar-refractivity contribution < 1.29 is 13.2 Å². The zero-order chi connectivity index (χ0) is 12.2. The van der Waals surface area contributed by atoms with Crippen LogP contribution in [0, 0.1) is 0 Å². The van der Waals surface area contributed by atoms with Crippen LogP contribution < -0.4 is 11.5 Å². The summed E-state index contributed by atoms with van der Waals surface area (Å²) in [5.41, 5.74) is 11.2. The van der Waals surface area contributed by atoms with E-state index in [0.29, 0.717) is 24.2 Å². The molecule has 0 bridgehead atoms. The highest BCUT2D eigenvalue weighted by Gasteiger charge is 2.30. The zero-order valence-corrected chi connectivity index (χ0v) is 8.85. The molecule has 4 N–H and O–H groups in total. The second kappa shape index (κ2) is 5.21. The Kier molecular flexibility index (Phi) is 4.18. The van der Waals surface area contributed by atoms with Crippen LogP contribution >= 0.6 is 0 Å². The van der Waals surface area contributed by atoms with Crippen molar-refractivity contribution in [3.63, 3.8) is 0 Å². The number of hydrogen-bond acceptors (Lipinski definition) is 2. The van der Waals surface area contributed by atoms with Crippen molar-refractivity contribution in [2.24, 2.45) is 5.73 Å². The van der Waals surface area contributed by atoms with Gasteiger partial charge in [0.15, 0.2) is 0 Å². The van der Waals surface area contributed by atoms with Crippen LogP contribution in [0.4, 0.5) is 18.9 Å². The molecule has 1 aromatic carbocycles. The van der Waals surface area contributed by atoms with Crippen molar-refractivity contribution in [2.45, 2.75) is 25.4 Å². The maximum absolute atomic E-state index is 12.4. The second-order valence-corrected chi connectivity index (χ2v) is 3.66. The fourth-order valence-corrected chi connectivity index (χ4v) is 1.46. The molecule has 0 aliphatic carbocycles. The molecule has 0 saturated carbocycles. The van der Waals surface area contributed by atoms with Crippen molar-refractivity contribution in [1.29, 1.82) is 0 Å². The van der Waals surface area contributed by atoms with Gasteiger partial charge in [0.05, 0.1) is 5.56 Å². The number of nitrogens with two attached hydrogens (primary N) is 2. The third-order valence-electron chi connectivity index (χ3n) is 2.37. The average molecular weight is 232 g/mol. The van der Waals surface area contributed by atoms with E-state index in [1.165, 1.54) is 6.07 Å². The number of hydrogen-bond donors (Lipinski definition) is 2. The van der Waals surface area contributed by atoms with E-state index in [2.05, 4.69) is 0 Å². The van der Waals surface area contributed by atoms with Gasteiger partial charge < -0.3 is 11.5 Å². The Labute approximate surface area is 92.4 Å². The molecule has 0 saturated heterocycles. The number of nitrogen functional groups attached to an aromatic ring is 1. The highest BCUT2D eigenvalue weighted by molar-refractivity contribution is 5.49. The summed E-state index contributed by atoms with van der Waals surface area (Å²) in [7, 11) is 0. The predicted molar refractivity (Wildman–Crippen MR) is 57.8 cm³/mol. The second-order valence-electron chi connectivity index (χ2n) is 3.66. The van der Waals surface area contributed by atoms with E-state index in [9.17, 15) is 13.2 Å². The molecule has 5 heteroatoms. The Morgan fingerprint density at radius 2 is 1.81 bits per heavy atom. The van der Waals surface area contributed by atoms with Gasteiger partial charge in [0, 0.05) is 5.69 Å². The van der Waals surface area contributed by atoms with Crippen LogP contribution in [0.15, 0.2) is 18.2 Å². The summed E-state index contributed by atoms with van der Waals surface area (Å²) in [4.78, 5) is 0. The number of rotatable bonds is 4. The maximum atomic E-state index is 12.4. The maximum Gasteiger partial charge on any atom is 0.416 e. The van der Waals surface area contributed by atoms with Gasteiger partial charge in [0.2, 0.25) is 0 Å². The van der Waals surface area contributed by atoms with Gasteiger partial charge in [0.1, 0.15) is 0 Å². The fourth-order valence-electron chi connectivity index (χ4n) is 1.46. The lowest BCUT2D eigenvalue weighted by Gasteiger charge is -2.11. The quantitative estimate of drug-likeness (QED) is 0.619. The van der Waals surface area contributed by atoms with Gasteiger partial charge in [0.25, 0.3) is 0 Å². The van der Waals surface area contributed by atoms with Crippen LogP contribution in [0.25, 0.3) is 0 Å². The molecule has 0 amide bonds. The molecule has 0 fully saturated rings. The molecule has 90 valence electrons. The number of halogens is 3. The van der Waals surface area contributed by atoms with Gasteiger partial charge in [-0.1, -0.05) is 0 Å². The summed E-state index contributed by atoms with van der Waals surface area (Å²) in [5.74, 6) is 0. The molecule has 0 aromatic heterocycles. The lowest BCUT2D eigenvalue weighted by atomic mass is 10.0. The molecule has 0 heterocycles. The molecule has 1 aromatic rings. The standard InChI is InChI=1S/C11H15F3N2/c12-11(13,14)9-4-5-10(16)8(7-9)3-1-2-6-15/h4-5,7H,1-3,6,15-16H2. The Balaban J connectivity index is 2.83. The zero-order valence-electron chi connectivity index (χ0n) is 8.85. The molecule has 0 spiro atoms. The Hall–Kier alpha value is -1.23. The highest BCUT2D eigenvalue weighted by atomic mass is 19.4. The Bertz CT molecular complexity index is 348. The minimum Gasteiger partial charge on any atom is -0.399 e. The van der Waals surface area contributed by atoms with Crippen molar-refractivity contribution in [3.8, 4) is 0 Å². The largest absolute Gasteiger partial charge is 0.416 e. The summed E-state index contributed by atoms with van der Waals surface area (Å²) in [5, 5.41) is 0. The summed E-state index contributed by atoms with van der Waals surface area (Å²) in [6.45, 7) is 0.541. The first-order chi connectivity index (χ1) is 7.45. The monoisotopic (exact) mass is 232 g/mol. The van der Waals surface area contributed by atoms with Crippen molar-refractivity contribution in [2.75, 3.05) is 12.3 Å². The minimum absolute atomic E-state index is 0.407. The first kappa shape index (κ1) is 12.8. The molecule has 1 rings (SSSR count). The lowest BCUT2D eigenvalue weighted by Crippen LogP contribution is -2.07. The predicted octanol–water partition coefficient (Wildman–Crippen LogP) is 2.57. The summed E-state index contributed by atoms with van der Waals surface area (Å²) in [6, 6.07) is 3.42. The van der Waals surface area contributed by atoms with Crippen LogP contribution in [0.5, 0.6) is 0 Å². The van der Waals surface area contributed by atoms with E-state index in [4.69, 9.17) is 11.5 Å². The first-order valence-corrected chi connectivity index (χ1v) is 5.11. The topological polar surface area (TPSA) is 52.0 Å². The van der Waals surface area contributed by atoms with Gasteiger partial charge in [-0.3, -0.25) is 0 Å². The molecule has 0 radical (unpaired) electrons. The van der Waals surface area contributed by atoms with Gasteiger partial charge in [-0.2, -0.15) is 13.2 Å². The first-order valence-electron chi connectivity index (χ1n) is 5.11. The van der Waals surface area contributed by atoms with E-state index >= 15 is 0 Å². The summed E-state index contributed by atoms with van der Waals surface area (Å²) in [6.07, 6.45) is -2.24. The summed E-state index contributed by atoms with van der Waals surface area (Å²) < 4.78 is 37.3. The molecular weight excluding hydrogens is 217 g/mol. The Morgan fingerprint density at radius 3 is 2.38 bits per heavy atom. The van der Waals surface area contributed by atoms with Gasteiger partial charge >= 0.3 is 6.18 Å². The van der Waals surface area contributed by atoms with E-state index in [0.717, 1.165) is 25.0 Å². The van der Waals surface area contributed by atoms with E-state index < -0.39 is 11.7 Å². The minimum atomic E-state index is -4.31. The Morgan fingerprint density at radius 1 is 1.12 bits per heavy atom. The molecule has 2 nitrogen and oxygen atoms in total. The number of unbranched alkanes of at least 4 members (excludes halogenated alkanes) is 1. The van der Waals surface area contributed by atoms with Gasteiger partial charge in [-0.05, 0) is 49.6 Å². The smallest absolute Gasteiger partial charge is 0.399 e. The summed E-state index contributed by atoms with van der Waals surface area (Å²) >= 11 is 0. The van der Waals surface area contributed by atoms with Gasteiger partial charge in [-0.15, -0.1) is 0 Å². The number of aryl methyl sites for hydroxylation is 1. The highest BCUT2D eigenvalue weighted by Crippen LogP contribution is 2.31. The SMILES string of the molecule is NCCCCc1cc(C(F)(F)F)ccc1N. The normalized spacial score (nSPS) is 11.8. The lowest BCUT2D eigenvalue weighted by molar-refractivity contribution is -0.137. The van der Waals surface area contributed by atoms with Crippen LogP contribution in [0.3, 0.4) is 0 Å².